The highest BCUT2D eigenvalue weighted by Crippen LogP contribution is 2.36. The number of morpholine rings is 1. The summed E-state index contributed by atoms with van der Waals surface area (Å²) in [6, 6.07) is 0.271. The van der Waals surface area contributed by atoms with Gasteiger partial charge in [0.05, 0.1) is 37.5 Å². The zero-order valence-corrected chi connectivity index (χ0v) is 12.2. The van der Waals surface area contributed by atoms with Crippen LogP contribution in [0.1, 0.15) is 12.8 Å². The maximum Gasteiger partial charge on any atom is 0.225 e. The molecule has 2 aliphatic rings. The molecule has 1 saturated carbocycles. The molecule has 0 unspecified atom stereocenters. The third kappa shape index (κ3) is 2.45. The molecule has 2 fully saturated rings. The topological polar surface area (TPSA) is 56.1 Å². The van der Waals surface area contributed by atoms with E-state index in [1.807, 2.05) is 12.5 Å². The molecule has 0 bridgehead atoms. The van der Waals surface area contributed by atoms with E-state index in [0.29, 0.717) is 18.5 Å². The normalized spacial score (nSPS) is 27.9. The zero-order valence-electron chi connectivity index (χ0n) is 12.2. The largest absolute Gasteiger partial charge is 0.374 e. The fraction of sp³-hybridized carbons (Fsp3) is 0.533. The van der Waals surface area contributed by atoms with Gasteiger partial charge in [0.25, 0.3) is 0 Å². The zero-order chi connectivity index (χ0) is 14.9. The van der Waals surface area contributed by atoms with Crippen molar-refractivity contribution in [3.8, 4) is 0 Å². The van der Waals surface area contributed by atoms with Crippen molar-refractivity contribution in [2.45, 2.75) is 31.5 Å². The molecule has 4 rings (SSSR count). The molecule has 6 nitrogen and oxygen atoms in total. The Kier molecular flexibility index (Phi) is 3.49. The summed E-state index contributed by atoms with van der Waals surface area (Å²) in [6.07, 6.45) is 10.4. The van der Waals surface area contributed by atoms with Gasteiger partial charge in [-0.05, 0) is 12.8 Å². The molecule has 0 radical (unpaired) electrons. The molecule has 0 aromatic carbocycles. The van der Waals surface area contributed by atoms with E-state index in [4.69, 9.17) is 4.74 Å². The second kappa shape index (κ2) is 5.64. The van der Waals surface area contributed by atoms with Crippen LogP contribution in [-0.2, 0) is 11.3 Å². The van der Waals surface area contributed by atoms with Crippen molar-refractivity contribution >= 4 is 5.95 Å². The van der Waals surface area contributed by atoms with E-state index in [-0.39, 0.29) is 12.1 Å². The molecular formula is C15H18FN5O. The lowest BCUT2D eigenvalue weighted by Gasteiger charge is -2.39. The summed E-state index contributed by atoms with van der Waals surface area (Å²) in [7, 11) is 0. The van der Waals surface area contributed by atoms with Crippen molar-refractivity contribution in [1.82, 2.24) is 19.5 Å². The summed E-state index contributed by atoms with van der Waals surface area (Å²) < 4.78 is 21.2. The minimum atomic E-state index is -0.405. The predicted molar refractivity (Wildman–Crippen MR) is 77.8 cm³/mol. The van der Waals surface area contributed by atoms with Crippen LogP contribution < -0.4 is 4.90 Å². The van der Waals surface area contributed by atoms with Gasteiger partial charge in [-0.2, -0.15) is 0 Å². The van der Waals surface area contributed by atoms with Gasteiger partial charge in [-0.1, -0.05) is 0 Å². The van der Waals surface area contributed by atoms with E-state index in [0.717, 1.165) is 25.9 Å². The van der Waals surface area contributed by atoms with E-state index < -0.39 is 5.82 Å². The first-order chi connectivity index (χ1) is 10.8. The van der Waals surface area contributed by atoms with Gasteiger partial charge in [0.2, 0.25) is 5.95 Å². The molecule has 0 spiro atoms. The van der Waals surface area contributed by atoms with Gasteiger partial charge in [-0.3, -0.25) is 0 Å². The summed E-state index contributed by atoms with van der Waals surface area (Å²) in [5.74, 6) is 0.656. The van der Waals surface area contributed by atoms with Crippen molar-refractivity contribution in [3.63, 3.8) is 0 Å². The van der Waals surface area contributed by atoms with E-state index >= 15 is 0 Å². The lowest BCUT2D eigenvalue weighted by molar-refractivity contribution is -0.00612. The quantitative estimate of drug-likeness (QED) is 0.860. The van der Waals surface area contributed by atoms with Crippen LogP contribution in [0, 0.1) is 11.7 Å². The number of halogens is 1. The highest BCUT2D eigenvalue weighted by Gasteiger charge is 2.43. The number of nitrogens with zero attached hydrogens (tertiary/aromatic N) is 5. The summed E-state index contributed by atoms with van der Waals surface area (Å²) in [6.45, 7) is 2.33. The van der Waals surface area contributed by atoms with Crippen LogP contribution >= 0.6 is 0 Å². The summed E-state index contributed by atoms with van der Waals surface area (Å²) in [5.41, 5.74) is 0. The lowest BCUT2D eigenvalue weighted by Crippen LogP contribution is -2.51. The molecule has 22 heavy (non-hydrogen) atoms. The molecule has 1 aliphatic heterocycles. The molecule has 3 heterocycles. The Labute approximate surface area is 128 Å². The summed E-state index contributed by atoms with van der Waals surface area (Å²) in [5, 5.41) is 0. The number of imidazole rings is 1. The van der Waals surface area contributed by atoms with E-state index in [2.05, 4.69) is 24.4 Å². The Morgan fingerprint density at radius 1 is 1.27 bits per heavy atom. The van der Waals surface area contributed by atoms with Crippen molar-refractivity contribution in [1.29, 1.82) is 0 Å². The van der Waals surface area contributed by atoms with Crippen molar-refractivity contribution < 1.29 is 9.13 Å². The van der Waals surface area contributed by atoms with E-state index in [1.54, 1.807) is 6.20 Å². The van der Waals surface area contributed by atoms with Crippen LogP contribution in [-0.4, -0.2) is 44.8 Å². The Morgan fingerprint density at radius 3 is 2.91 bits per heavy atom. The first-order valence-electron chi connectivity index (χ1n) is 7.63. The van der Waals surface area contributed by atoms with Gasteiger partial charge < -0.3 is 14.2 Å². The van der Waals surface area contributed by atoms with Gasteiger partial charge in [0.15, 0.2) is 5.82 Å². The Bertz CT molecular complexity index is 617. The molecular weight excluding hydrogens is 285 g/mol. The molecule has 116 valence electrons. The predicted octanol–water partition coefficient (Wildman–Crippen LogP) is 1.50. The van der Waals surface area contributed by atoms with Crippen LogP contribution in [0.25, 0.3) is 0 Å². The molecule has 7 heteroatoms. The fourth-order valence-electron chi connectivity index (χ4n) is 3.62. The Hall–Kier alpha value is -2.02. The highest BCUT2D eigenvalue weighted by atomic mass is 19.1. The number of fused-ring (bicyclic) bond motifs is 1. The average molecular weight is 303 g/mol. The standard InChI is InChI=1S/C15H18FN5O/c16-12-7-18-15(19-8-12)21-5-6-22-14-11(1-2-13(14)21)9-20-4-3-17-10-20/h3-4,7-8,10-11,13-14H,1-2,5-6,9H2/t11-,13+,14+/m0/s1. The third-order valence-corrected chi connectivity index (χ3v) is 4.59. The number of aromatic nitrogens is 4. The first-order valence-corrected chi connectivity index (χ1v) is 7.63. The SMILES string of the molecule is Fc1cnc(N2CCO[C@@H]3[C@H](Cn4ccnc4)CC[C@H]32)nc1. The highest BCUT2D eigenvalue weighted by molar-refractivity contribution is 5.33. The van der Waals surface area contributed by atoms with Crippen LogP contribution in [0.2, 0.25) is 0 Å². The second-order valence-electron chi connectivity index (χ2n) is 5.89. The minimum absolute atomic E-state index is 0.171. The van der Waals surface area contributed by atoms with Crippen LogP contribution in [0.3, 0.4) is 0 Å². The van der Waals surface area contributed by atoms with Gasteiger partial charge in [0.1, 0.15) is 0 Å². The van der Waals surface area contributed by atoms with Crippen molar-refractivity contribution in [2.75, 3.05) is 18.1 Å². The minimum Gasteiger partial charge on any atom is -0.374 e. The average Bonchev–Trinajstić information content (AvgIpc) is 3.19. The number of anilines is 1. The third-order valence-electron chi connectivity index (χ3n) is 4.59. The first kappa shape index (κ1) is 13.6. The van der Waals surface area contributed by atoms with Crippen molar-refractivity contribution in [3.05, 3.63) is 36.9 Å². The molecule has 2 aromatic heterocycles. The summed E-state index contributed by atoms with van der Waals surface area (Å²) in [4.78, 5) is 14.5. The van der Waals surface area contributed by atoms with E-state index in [9.17, 15) is 4.39 Å². The maximum atomic E-state index is 13.0. The molecule has 0 amide bonds. The van der Waals surface area contributed by atoms with Gasteiger partial charge >= 0.3 is 0 Å². The summed E-state index contributed by atoms with van der Waals surface area (Å²) >= 11 is 0. The van der Waals surface area contributed by atoms with Crippen LogP contribution in [0.5, 0.6) is 0 Å². The second-order valence-corrected chi connectivity index (χ2v) is 5.89. The van der Waals surface area contributed by atoms with E-state index in [1.165, 1.54) is 12.4 Å². The number of hydrogen-bond acceptors (Lipinski definition) is 5. The van der Waals surface area contributed by atoms with Crippen LogP contribution in [0.4, 0.5) is 10.3 Å². The van der Waals surface area contributed by atoms with Crippen LogP contribution in [0.15, 0.2) is 31.1 Å². The molecule has 3 atom stereocenters. The Balaban J connectivity index is 1.52. The number of hydrogen-bond donors (Lipinski definition) is 0. The molecule has 2 aromatic rings. The smallest absolute Gasteiger partial charge is 0.225 e. The van der Waals surface area contributed by atoms with Gasteiger partial charge in [-0.25, -0.2) is 19.3 Å². The number of ether oxygens (including phenoxy) is 1. The maximum absolute atomic E-state index is 13.0. The molecule has 1 aliphatic carbocycles. The van der Waals surface area contributed by atoms with Crippen molar-refractivity contribution in [2.24, 2.45) is 5.92 Å². The number of rotatable bonds is 3. The molecule has 1 saturated heterocycles. The van der Waals surface area contributed by atoms with Gasteiger partial charge in [-0.15, -0.1) is 0 Å². The monoisotopic (exact) mass is 303 g/mol. The lowest BCUT2D eigenvalue weighted by atomic mass is 10.0. The molecule has 0 N–H and O–H groups in total. The Morgan fingerprint density at radius 2 is 2.14 bits per heavy atom. The van der Waals surface area contributed by atoms with Gasteiger partial charge in [0, 0.05) is 31.4 Å². The fourth-order valence-corrected chi connectivity index (χ4v) is 3.62.